The van der Waals surface area contributed by atoms with E-state index < -0.39 is 29.8 Å². The molecule has 0 aromatic heterocycles. The monoisotopic (exact) mass is 215 g/mol. The summed E-state index contributed by atoms with van der Waals surface area (Å²) in [5.74, 6) is -0.745. The van der Waals surface area contributed by atoms with Crippen molar-refractivity contribution in [2.24, 2.45) is 0 Å². The Labute approximate surface area is 87.1 Å². The van der Waals surface area contributed by atoms with Crippen LogP contribution in [0.15, 0.2) is 0 Å². The number of hydrogen-bond donors (Lipinski definition) is 0. The van der Waals surface area contributed by atoms with E-state index in [1.807, 2.05) is 0 Å². The fourth-order valence-corrected chi connectivity index (χ4v) is 1.03. The standard InChI is InChI=1S/C9H13NO5/c1-5-6(11)14-7(12)10(5)8(13)15-9(2,3)4/h5H,1-4H3/t5-/m0/s1. The Kier molecular flexibility index (Phi) is 2.70. The highest BCUT2D eigenvalue weighted by atomic mass is 16.6. The van der Waals surface area contributed by atoms with Gasteiger partial charge in [-0.3, -0.25) is 0 Å². The Bertz CT molecular complexity index is 317. The smallest absolute Gasteiger partial charge is 0.427 e. The van der Waals surface area contributed by atoms with Gasteiger partial charge in [-0.2, -0.15) is 4.90 Å². The summed E-state index contributed by atoms with van der Waals surface area (Å²) in [5, 5.41) is 0. The number of rotatable bonds is 0. The molecule has 0 N–H and O–H groups in total. The zero-order valence-electron chi connectivity index (χ0n) is 9.07. The van der Waals surface area contributed by atoms with Crippen LogP contribution >= 0.6 is 0 Å². The molecule has 1 atom stereocenters. The number of imide groups is 1. The summed E-state index contributed by atoms with van der Waals surface area (Å²) in [7, 11) is 0. The van der Waals surface area contributed by atoms with E-state index in [1.54, 1.807) is 20.8 Å². The minimum Gasteiger partial charge on any atom is -0.443 e. The van der Waals surface area contributed by atoms with Crippen LogP contribution in [0.3, 0.4) is 0 Å². The quantitative estimate of drug-likeness (QED) is 0.449. The molecular formula is C9H13NO5. The number of hydrogen-bond acceptors (Lipinski definition) is 5. The summed E-state index contributed by atoms with van der Waals surface area (Å²) in [6.07, 6.45) is -1.85. The van der Waals surface area contributed by atoms with Crippen molar-refractivity contribution in [3.05, 3.63) is 0 Å². The van der Waals surface area contributed by atoms with Crippen LogP contribution in [0.2, 0.25) is 0 Å². The topological polar surface area (TPSA) is 72.9 Å². The van der Waals surface area contributed by atoms with Gasteiger partial charge in [-0.1, -0.05) is 0 Å². The number of carbonyl (C=O) groups excluding carboxylic acids is 3. The van der Waals surface area contributed by atoms with Crippen molar-refractivity contribution >= 4 is 18.2 Å². The molecule has 0 aliphatic carbocycles. The van der Waals surface area contributed by atoms with Gasteiger partial charge in [0, 0.05) is 0 Å². The Hall–Kier alpha value is -1.59. The summed E-state index contributed by atoms with van der Waals surface area (Å²) < 4.78 is 9.21. The Morgan fingerprint density at radius 3 is 2.27 bits per heavy atom. The van der Waals surface area contributed by atoms with Gasteiger partial charge < -0.3 is 9.47 Å². The normalized spacial score (nSPS) is 21.6. The molecule has 0 radical (unpaired) electrons. The van der Waals surface area contributed by atoms with E-state index in [4.69, 9.17) is 4.74 Å². The lowest BCUT2D eigenvalue weighted by Gasteiger charge is -2.23. The average molecular weight is 215 g/mol. The van der Waals surface area contributed by atoms with Crippen LogP contribution in [0.1, 0.15) is 27.7 Å². The first-order valence-electron chi connectivity index (χ1n) is 4.50. The molecule has 2 amide bonds. The summed E-state index contributed by atoms with van der Waals surface area (Å²) in [5.41, 5.74) is -0.720. The second kappa shape index (κ2) is 3.52. The van der Waals surface area contributed by atoms with Crippen molar-refractivity contribution in [3.63, 3.8) is 0 Å². The van der Waals surface area contributed by atoms with Gasteiger partial charge in [-0.05, 0) is 27.7 Å². The van der Waals surface area contributed by atoms with E-state index in [0.29, 0.717) is 4.90 Å². The van der Waals surface area contributed by atoms with Crippen molar-refractivity contribution < 1.29 is 23.9 Å². The van der Waals surface area contributed by atoms with Crippen LogP contribution in [0.5, 0.6) is 0 Å². The van der Waals surface area contributed by atoms with Crippen molar-refractivity contribution in [1.29, 1.82) is 0 Å². The summed E-state index contributed by atoms with van der Waals surface area (Å²) in [6.45, 7) is 6.40. The van der Waals surface area contributed by atoms with Gasteiger partial charge in [-0.15, -0.1) is 0 Å². The number of esters is 1. The lowest BCUT2D eigenvalue weighted by atomic mass is 10.2. The van der Waals surface area contributed by atoms with Gasteiger partial charge in [0.15, 0.2) is 0 Å². The molecule has 0 saturated carbocycles. The summed E-state index contributed by atoms with van der Waals surface area (Å²) in [6, 6.07) is -0.924. The molecule has 84 valence electrons. The molecule has 6 heteroatoms. The maximum Gasteiger partial charge on any atom is 0.427 e. The number of amides is 2. The second-order valence-corrected chi connectivity index (χ2v) is 4.21. The molecule has 0 spiro atoms. The molecule has 1 saturated heterocycles. The number of nitrogens with zero attached hydrogens (tertiary/aromatic N) is 1. The first-order chi connectivity index (χ1) is 6.72. The van der Waals surface area contributed by atoms with E-state index in [1.165, 1.54) is 6.92 Å². The predicted octanol–water partition coefficient (Wildman–Crippen LogP) is 1.29. The van der Waals surface area contributed by atoms with Crippen LogP contribution in [0.25, 0.3) is 0 Å². The maximum atomic E-state index is 11.5. The minimum absolute atomic E-state index is 0.660. The highest BCUT2D eigenvalue weighted by Crippen LogP contribution is 2.18. The number of cyclic esters (lactones) is 2. The average Bonchev–Trinajstić information content (AvgIpc) is 2.22. The van der Waals surface area contributed by atoms with Gasteiger partial charge in [0.25, 0.3) is 0 Å². The van der Waals surface area contributed by atoms with E-state index in [9.17, 15) is 14.4 Å². The van der Waals surface area contributed by atoms with Crippen molar-refractivity contribution in [3.8, 4) is 0 Å². The highest BCUT2D eigenvalue weighted by Gasteiger charge is 2.44. The Balaban J connectivity index is 2.76. The summed E-state index contributed by atoms with van der Waals surface area (Å²) >= 11 is 0. The van der Waals surface area contributed by atoms with Gasteiger partial charge in [0.05, 0.1) is 0 Å². The first kappa shape index (κ1) is 11.5. The molecule has 0 bridgehead atoms. The van der Waals surface area contributed by atoms with Crippen molar-refractivity contribution in [2.45, 2.75) is 39.3 Å². The molecule has 1 heterocycles. The lowest BCUT2D eigenvalue weighted by molar-refractivity contribution is -0.135. The molecule has 15 heavy (non-hydrogen) atoms. The molecule has 1 aliphatic rings. The van der Waals surface area contributed by atoms with Crippen LogP contribution < -0.4 is 0 Å². The molecule has 0 aromatic rings. The summed E-state index contributed by atoms with van der Waals surface area (Å²) in [4.78, 5) is 34.2. The lowest BCUT2D eigenvalue weighted by Crippen LogP contribution is -2.41. The zero-order valence-corrected chi connectivity index (χ0v) is 9.07. The molecule has 1 rings (SSSR count). The fraction of sp³-hybridized carbons (Fsp3) is 0.667. The van der Waals surface area contributed by atoms with Crippen LogP contribution in [-0.2, 0) is 14.3 Å². The number of ether oxygens (including phenoxy) is 2. The number of carbonyl (C=O) groups is 3. The first-order valence-corrected chi connectivity index (χ1v) is 4.50. The van der Waals surface area contributed by atoms with Gasteiger partial charge >= 0.3 is 18.2 Å². The van der Waals surface area contributed by atoms with Crippen molar-refractivity contribution in [1.82, 2.24) is 4.90 Å². The highest BCUT2D eigenvalue weighted by molar-refractivity contribution is 6.03. The van der Waals surface area contributed by atoms with E-state index in [-0.39, 0.29) is 0 Å². The van der Waals surface area contributed by atoms with Gasteiger partial charge in [0.1, 0.15) is 11.6 Å². The van der Waals surface area contributed by atoms with Crippen molar-refractivity contribution in [2.75, 3.05) is 0 Å². The second-order valence-electron chi connectivity index (χ2n) is 4.21. The molecule has 1 aliphatic heterocycles. The van der Waals surface area contributed by atoms with Crippen LogP contribution in [-0.4, -0.2) is 34.7 Å². The molecule has 1 fully saturated rings. The SMILES string of the molecule is C[C@H]1C(=O)OC(=O)N1C(=O)OC(C)(C)C. The Morgan fingerprint density at radius 2 is 1.93 bits per heavy atom. The third kappa shape index (κ3) is 2.45. The molecule has 0 aromatic carbocycles. The Morgan fingerprint density at radius 1 is 1.40 bits per heavy atom. The van der Waals surface area contributed by atoms with Crippen LogP contribution in [0.4, 0.5) is 9.59 Å². The fourth-order valence-electron chi connectivity index (χ4n) is 1.03. The van der Waals surface area contributed by atoms with E-state index in [0.717, 1.165) is 0 Å². The van der Waals surface area contributed by atoms with E-state index >= 15 is 0 Å². The predicted molar refractivity (Wildman–Crippen MR) is 49.0 cm³/mol. The zero-order chi connectivity index (χ0) is 11.8. The molecule has 0 unspecified atom stereocenters. The van der Waals surface area contributed by atoms with Gasteiger partial charge in [0.2, 0.25) is 0 Å². The van der Waals surface area contributed by atoms with E-state index in [2.05, 4.69) is 4.74 Å². The largest absolute Gasteiger partial charge is 0.443 e. The minimum atomic E-state index is -0.984. The third-order valence-electron chi connectivity index (χ3n) is 1.70. The van der Waals surface area contributed by atoms with Gasteiger partial charge in [-0.25, -0.2) is 14.4 Å². The third-order valence-corrected chi connectivity index (χ3v) is 1.70. The van der Waals surface area contributed by atoms with Crippen LogP contribution in [0, 0.1) is 0 Å². The maximum absolute atomic E-state index is 11.5. The molecular weight excluding hydrogens is 202 g/mol. The molecule has 6 nitrogen and oxygen atoms in total.